The molecule has 0 aromatic rings. The number of alkyl halides is 1. The van der Waals surface area contributed by atoms with Gasteiger partial charge in [-0.1, -0.05) is 0 Å². The molecule has 0 saturated carbocycles. The van der Waals surface area contributed by atoms with Crippen LogP contribution in [0.3, 0.4) is 0 Å². The molecule has 2 N–H and O–H groups in total. The van der Waals surface area contributed by atoms with E-state index in [2.05, 4.69) is 0 Å². The van der Waals surface area contributed by atoms with E-state index in [-0.39, 0.29) is 31.8 Å². The SMILES string of the molecule is NC(=O)CCCC(=O)N1CC(F)C1. The van der Waals surface area contributed by atoms with Gasteiger partial charge in [0.05, 0.1) is 13.1 Å². The fourth-order valence-electron chi connectivity index (χ4n) is 1.20. The first-order valence-electron chi connectivity index (χ1n) is 4.29. The molecule has 1 aliphatic heterocycles. The van der Waals surface area contributed by atoms with E-state index in [0.29, 0.717) is 6.42 Å². The first-order chi connectivity index (χ1) is 6.09. The predicted octanol–water partition coefficient (Wildman–Crippen LogP) is -0.178. The number of halogens is 1. The molecule has 74 valence electrons. The Labute approximate surface area is 75.9 Å². The van der Waals surface area contributed by atoms with Crippen molar-refractivity contribution < 1.29 is 14.0 Å². The van der Waals surface area contributed by atoms with E-state index in [1.807, 2.05) is 0 Å². The van der Waals surface area contributed by atoms with Crippen molar-refractivity contribution in [1.82, 2.24) is 4.90 Å². The molecule has 1 aliphatic rings. The summed E-state index contributed by atoms with van der Waals surface area (Å²) in [6, 6.07) is 0. The molecule has 0 aliphatic carbocycles. The van der Waals surface area contributed by atoms with Crippen LogP contribution in [0.4, 0.5) is 4.39 Å². The Balaban J connectivity index is 2.08. The molecule has 0 radical (unpaired) electrons. The molecule has 4 nitrogen and oxygen atoms in total. The molecule has 0 aromatic carbocycles. The maximum absolute atomic E-state index is 12.3. The number of amides is 2. The fourth-order valence-corrected chi connectivity index (χ4v) is 1.20. The van der Waals surface area contributed by atoms with Crippen molar-refractivity contribution in [1.29, 1.82) is 0 Å². The highest BCUT2D eigenvalue weighted by Crippen LogP contribution is 2.13. The molecule has 0 bridgehead atoms. The van der Waals surface area contributed by atoms with Gasteiger partial charge in [-0.3, -0.25) is 9.59 Å². The van der Waals surface area contributed by atoms with Crippen LogP contribution in [0, 0.1) is 0 Å². The van der Waals surface area contributed by atoms with Gasteiger partial charge in [0.2, 0.25) is 11.8 Å². The molecular weight excluding hydrogens is 175 g/mol. The number of likely N-dealkylation sites (tertiary alicyclic amines) is 1. The van der Waals surface area contributed by atoms with Gasteiger partial charge in [0.25, 0.3) is 0 Å². The molecule has 13 heavy (non-hydrogen) atoms. The monoisotopic (exact) mass is 188 g/mol. The first kappa shape index (κ1) is 9.95. The Morgan fingerprint density at radius 1 is 1.38 bits per heavy atom. The molecule has 0 unspecified atom stereocenters. The van der Waals surface area contributed by atoms with Crippen molar-refractivity contribution in [3.8, 4) is 0 Å². The summed E-state index contributed by atoms with van der Waals surface area (Å²) in [5.74, 6) is -0.491. The average molecular weight is 188 g/mol. The van der Waals surface area contributed by atoms with E-state index < -0.39 is 12.1 Å². The highest BCUT2D eigenvalue weighted by atomic mass is 19.1. The van der Waals surface area contributed by atoms with Gasteiger partial charge in [-0.25, -0.2) is 4.39 Å². The molecule has 5 heteroatoms. The zero-order valence-electron chi connectivity index (χ0n) is 7.33. The summed E-state index contributed by atoms with van der Waals surface area (Å²) in [6.07, 6.45) is 0.107. The molecule has 0 atom stereocenters. The van der Waals surface area contributed by atoms with Crippen LogP contribution in [-0.2, 0) is 9.59 Å². The third-order valence-corrected chi connectivity index (χ3v) is 2.00. The van der Waals surface area contributed by atoms with Crippen LogP contribution in [0.1, 0.15) is 19.3 Å². The Bertz CT molecular complexity index is 214. The van der Waals surface area contributed by atoms with Gasteiger partial charge in [0.1, 0.15) is 6.17 Å². The van der Waals surface area contributed by atoms with Crippen LogP contribution in [0.2, 0.25) is 0 Å². The van der Waals surface area contributed by atoms with Crippen molar-refractivity contribution in [2.24, 2.45) is 5.73 Å². The van der Waals surface area contributed by atoms with Crippen LogP contribution in [0.5, 0.6) is 0 Å². The predicted molar refractivity (Wildman–Crippen MR) is 44.5 cm³/mol. The summed E-state index contributed by atoms with van der Waals surface area (Å²) in [7, 11) is 0. The number of carbonyl (C=O) groups is 2. The third kappa shape index (κ3) is 3.01. The standard InChI is InChI=1S/C8H13FN2O2/c9-6-4-11(5-6)8(13)3-1-2-7(10)12/h6H,1-5H2,(H2,10,12). The Kier molecular flexibility index (Phi) is 3.22. The molecule has 1 saturated heterocycles. The highest BCUT2D eigenvalue weighted by molar-refractivity contribution is 5.78. The minimum atomic E-state index is -0.861. The topological polar surface area (TPSA) is 63.4 Å². The van der Waals surface area contributed by atoms with Crippen molar-refractivity contribution in [3.63, 3.8) is 0 Å². The Morgan fingerprint density at radius 3 is 2.46 bits per heavy atom. The van der Waals surface area contributed by atoms with Gasteiger partial charge in [0, 0.05) is 12.8 Å². The summed E-state index contributed by atoms with van der Waals surface area (Å²) in [5.41, 5.74) is 4.90. The largest absolute Gasteiger partial charge is 0.370 e. The van der Waals surface area contributed by atoms with Gasteiger partial charge in [0.15, 0.2) is 0 Å². The second-order valence-electron chi connectivity index (χ2n) is 3.22. The van der Waals surface area contributed by atoms with E-state index in [1.54, 1.807) is 0 Å². The lowest BCUT2D eigenvalue weighted by Crippen LogP contribution is -2.51. The van der Waals surface area contributed by atoms with Gasteiger partial charge in [-0.2, -0.15) is 0 Å². The molecular formula is C8H13FN2O2. The van der Waals surface area contributed by atoms with E-state index in [9.17, 15) is 14.0 Å². The van der Waals surface area contributed by atoms with Crippen molar-refractivity contribution in [2.45, 2.75) is 25.4 Å². The summed E-state index contributed by atoms with van der Waals surface area (Å²) >= 11 is 0. The Hall–Kier alpha value is -1.13. The van der Waals surface area contributed by atoms with Crippen LogP contribution < -0.4 is 5.73 Å². The lowest BCUT2D eigenvalue weighted by Gasteiger charge is -2.34. The quantitative estimate of drug-likeness (QED) is 0.665. The second kappa shape index (κ2) is 4.20. The normalized spacial score (nSPS) is 16.8. The first-order valence-corrected chi connectivity index (χ1v) is 4.29. The third-order valence-electron chi connectivity index (χ3n) is 2.00. The van der Waals surface area contributed by atoms with Gasteiger partial charge < -0.3 is 10.6 Å². The van der Waals surface area contributed by atoms with Crippen molar-refractivity contribution in [2.75, 3.05) is 13.1 Å². The second-order valence-corrected chi connectivity index (χ2v) is 3.22. The Morgan fingerprint density at radius 2 is 2.00 bits per heavy atom. The van der Waals surface area contributed by atoms with E-state index >= 15 is 0 Å². The van der Waals surface area contributed by atoms with Crippen LogP contribution in [-0.4, -0.2) is 36.0 Å². The summed E-state index contributed by atoms with van der Waals surface area (Å²) < 4.78 is 12.3. The zero-order chi connectivity index (χ0) is 9.84. The van der Waals surface area contributed by atoms with Gasteiger partial charge in [-0.15, -0.1) is 0 Å². The number of hydrogen-bond acceptors (Lipinski definition) is 2. The average Bonchev–Trinajstić information content (AvgIpc) is 1.97. The maximum Gasteiger partial charge on any atom is 0.222 e. The van der Waals surface area contributed by atoms with Crippen molar-refractivity contribution >= 4 is 11.8 Å². The fraction of sp³-hybridized carbons (Fsp3) is 0.750. The lowest BCUT2D eigenvalue weighted by atomic mass is 10.1. The minimum absolute atomic E-state index is 0.0878. The van der Waals surface area contributed by atoms with Crippen molar-refractivity contribution in [3.05, 3.63) is 0 Å². The minimum Gasteiger partial charge on any atom is -0.370 e. The number of rotatable bonds is 4. The van der Waals surface area contributed by atoms with Crippen LogP contribution in [0.25, 0.3) is 0 Å². The molecule has 1 fully saturated rings. The number of carbonyl (C=O) groups excluding carboxylic acids is 2. The molecule has 0 spiro atoms. The summed E-state index contributed by atoms with van der Waals surface area (Å²) in [6.45, 7) is 0.408. The number of nitrogens with two attached hydrogens (primary N) is 1. The van der Waals surface area contributed by atoms with E-state index in [1.165, 1.54) is 4.90 Å². The molecule has 1 heterocycles. The summed E-state index contributed by atoms with van der Waals surface area (Å²) in [5, 5.41) is 0. The maximum atomic E-state index is 12.3. The smallest absolute Gasteiger partial charge is 0.222 e. The number of nitrogens with zero attached hydrogens (tertiary/aromatic N) is 1. The molecule has 1 rings (SSSR count). The molecule has 2 amide bonds. The highest BCUT2D eigenvalue weighted by Gasteiger charge is 2.29. The van der Waals surface area contributed by atoms with Crippen LogP contribution in [0.15, 0.2) is 0 Å². The van der Waals surface area contributed by atoms with E-state index in [4.69, 9.17) is 5.73 Å². The van der Waals surface area contributed by atoms with Gasteiger partial charge in [-0.05, 0) is 6.42 Å². The summed E-state index contributed by atoms with van der Waals surface area (Å²) in [4.78, 5) is 22.9. The molecule has 0 aromatic heterocycles. The van der Waals surface area contributed by atoms with Gasteiger partial charge >= 0.3 is 0 Å². The van der Waals surface area contributed by atoms with E-state index in [0.717, 1.165) is 0 Å². The zero-order valence-corrected chi connectivity index (χ0v) is 7.33. The lowest BCUT2D eigenvalue weighted by molar-refractivity contribution is -0.138. The van der Waals surface area contributed by atoms with Crippen LogP contribution >= 0.6 is 0 Å². The number of primary amides is 1. The number of hydrogen-bond donors (Lipinski definition) is 1.